The first kappa shape index (κ1) is 21.3. The zero-order chi connectivity index (χ0) is 20.3. The van der Waals surface area contributed by atoms with Crippen LogP contribution in [0.2, 0.25) is 0 Å². The number of esters is 1. The van der Waals surface area contributed by atoms with Crippen molar-refractivity contribution in [1.29, 1.82) is 0 Å². The number of methoxy groups -OCH3 is 2. The van der Waals surface area contributed by atoms with Gasteiger partial charge in [-0.25, -0.2) is 0 Å². The van der Waals surface area contributed by atoms with Crippen LogP contribution in [0.3, 0.4) is 0 Å². The number of likely N-dealkylation sites (tertiary alicyclic amines) is 1. The van der Waals surface area contributed by atoms with Gasteiger partial charge < -0.3 is 9.47 Å². The van der Waals surface area contributed by atoms with Crippen LogP contribution in [0, 0.1) is 5.92 Å². The minimum absolute atomic E-state index is 0.0648. The smallest absolute Gasteiger partial charge is 0.323 e. The van der Waals surface area contributed by atoms with Gasteiger partial charge in [-0.05, 0) is 35.3 Å². The minimum Gasteiger partial charge on any atom is -0.468 e. The average Bonchev–Trinajstić information content (AvgIpc) is 3.07. The van der Waals surface area contributed by atoms with Gasteiger partial charge in [0.1, 0.15) is 6.04 Å². The standard InChI is InChI=1S/C21H27IN2O4/c1-13-7-14(11-24-12-16(22)10-19(24)21(25)28-3)8-18(20(13)27-2)15-5-4-6-17(9-15)23-26/h4-9,13,16,19-20,23,26H,10-12H2,1-3H3/t13?,16?,19-,20?/m1/s1. The number of hydrogen-bond acceptors (Lipinski definition) is 6. The molecule has 3 unspecified atom stereocenters. The van der Waals surface area contributed by atoms with Gasteiger partial charge in [-0.1, -0.05) is 53.8 Å². The second-order valence-electron chi connectivity index (χ2n) is 7.35. The van der Waals surface area contributed by atoms with Crippen LogP contribution >= 0.6 is 22.6 Å². The van der Waals surface area contributed by atoms with Crippen LogP contribution < -0.4 is 5.48 Å². The topological polar surface area (TPSA) is 71.0 Å². The Bertz CT molecular complexity index is 779. The highest BCUT2D eigenvalue weighted by molar-refractivity contribution is 14.1. The number of alkyl halides is 1. The molecule has 2 N–H and O–H groups in total. The summed E-state index contributed by atoms with van der Waals surface area (Å²) >= 11 is 2.41. The van der Waals surface area contributed by atoms with Gasteiger partial charge in [-0.15, -0.1) is 0 Å². The average molecular weight is 498 g/mol. The van der Waals surface area contributed by atoms with Crippen molar-refractivity contribution in [3.05, 3.63) is 47.6 Å². The lowest BCUT2D eigenvalue weighted by molar-refractivity contribution is -0.145. The van der Waals surface area contributed by atoms with Crippen molar-refractivity contribution in [1.82, 2.24) is 4.90 Å². The van der Waals surface area contributed by atoms with Crippen molar-refractivity contribution in [3.8, 4) is 0 Å². The molecule has 1 aromatic rings. The van der Waals surface area contributed by atoms with E-state index in [0.29, 0.717) is 16.2 Å². The molecule has 3 rings (SSSR count). The Hall–Kier alpha value is -1.42. The summed E-state index contributed by atoms with van der Waals surface area (Å²) < 4.78 is 11.2. The first-order valence-corrected chi connectivity index (χ1v) is 10.6. The monoisotopic (exact) mass is 498 g/mol. The maximum absolute atomic E-state index is 12.2. The Labute approximate surface area is 179 Å². The van der Waals surface area contributed by atoms with Crippen LogP contribution in [-0.4, -0.2) is 59.5 Å². The second kappa shape index (κ2) is 9.39. The van der Waals surface area contributed by atoms with Crippen molar-refractivity contribution in [2.75, 3.05) is 32.8 Å². The van der Waals surface area contributed by atoms with Gasteiger partial charge >= 0.3 is 5.97 Å². The van der Waals surface area contributed by atoms with Gasteiger partial charge in [0.15, 0.2) is 0 Å². The summed E-state index contributed by atoms with van der Waals surface area (Å²) in [4.78, 5) is 14.4. The SMILES string of the molecule is COC(=O)[C@H]1CC(I)CN1CC1=CC(C)C(OC)C(c2cccc(NO)c2)=C1. The second-order valence-corrected chi connectivity index (χ2v) is 9.11. The third kappa shape index (κ3) is 4.59. The molecular formula is C21H27IN2O4. The largest absolute Gasteiger partial charge is 0.468 e. The van der Waals surface area contributed by atoms with E-state index >= 15 is 0 Å². The number of rotatable bonds is 6. The molecule has 1 heterocycles. The highest BCUT2D eigenvalue weighted by atomic mass is 127. The Morgan fingerprint density at radius 1 is 1.39 bits per heavy atom. The van der Waals surface area contributed by atoms with Gasteiger partial charge in [-0.2, -0.15) is 0 Å². The normalized spacial score (nSPS) is 27.9. The van der Waals surface area contributed by atoms with Gasteiger partial charge in [0, 0.05) is 30.0 Å². The molecule has 7 heteroatoms. The molecule has 28 heavy (non-hydrogen) atoms. The molecule has 0 amide bonds. The van der Waals surface area contributed by atoms with Crippen molar-refractivity contribution in [3.63, 3.8) is 0 Å². The van der Waals surface area contributed by atoms with E-state index in [-0.39, 0.29) is 24.0 Å². The predicted molar refractivity (Wildman–Crippen MR) is 118 cm³/mol. The summed E-state index contributed by atoms with van der Waals surface area (Å²) in [6, 6.07) is 7.44. The maximum atomic E-state index is 12.2. The van der Waals surface area contributed by atoms with E-state index in [1.807, 2.05) is 18.2 Å². The molecule has 0 bridgehead atoms. The predicted octanol–water partition coefficient (Wildman–Crippen LogP) is 3.51. The fourth-order valence-electron chi connectivity index (χ4n) is 4.13. The highest BCUT2D eigenvalue weighted by Crippen LogP contribution is 2.35. The number of carbonyl (C=O) groups is 1. The number of ether oxygens (including phenoxy) is 2. The van der Waals surface area contributed by atoms with E-state index in [1.54, 1.807) is 13.2 Å². The van der Waals surface area contributed by atoms with Gasteiger partial charge in [0.2, 0.25) is 0 Å². The van der Waals surface area contributed by atoms with Crippen molar-refractivity contribution < 1.29 is 19.5 Å². The van der Waals surface area contributed by atoms with E-state index in [4.69, 9.17) is 9.47 Å². The van der Waals surface area contributed by atoms with Gasteiger partial charge in [0.25, 0.3) is 0 Å². The summed E-state index contributed by atoms with van der Waals surface area (Å²) in [5.74, 6) is 0.0321. The Kier molecular flexibility index (Phi) is 7.14. The Morgan fingerprint density at radius 3 is 2.86 bits per heavy atom. The number of nitrogens with one attached hydrogen (secondary N) is 1. The van der Waals surface area contributed by atoms with E-state index < -0.39 is 0 Å². The molecule has 0 radical (unpaired) electrons. The number of nitrogens with zero attached hydrogens (tertiary/aromatic N) is 1. The van der Waals surface area contributed by atoms with E-state index in [1.165, 1.54) is 7.11 Å². The quantitative estimate of drug-likeness (QED) is 0.271. The van der Waals surface area contributed by atoms with Crippen LogP contribution in [0.4, 0.5) is 5.69 Å². The molecule has 2 aliphatic rings. The molecule has 1 saturated heterocycles. The Balaban J connectivity index is 1.88. The number of carbonyl (C=O) groups excluding carboxylic acids is 1. The molecule has 0 saturated carbocycles. The Morgan fingerprint density at radius 2 is 2.18 bits per heavy atom. The van der Waals surface area contributed by atoms with E-state index in [0.717, 1.165) is 29.7 Å². The molecule has 1 aliphatic heterocycles. The first-order valence-electron chi connectivity index (χ1n) is 9.38. The third-order valence-electron chi connectivity index (χ3n) is 5.39. The van der Waals surface area contributed by atoms with Gasteiger partial charge in [0.05, 0.1) is 18.9 Å². The molecule has 0 spiro atoms. The number of benzene rings is 1. The van der Waals surface area contributed by atoms with Crippen molar-refractivity contribution in [2.24, 2.45) is 5.92 Å². The molecule has 4 atom stereocenters. The first-order chi connectivity index (χ1) is 13.5. The zero-order valence-electron chi connectivity index (χ0n) is 16.4. The van der Waals surface area contributed by atoms with Gasteiger partial charge in [-0.3, -0.25) is 20.4 Å². The number of halogens is 1. The van der Waals surface area contributed by atoms with Crippen LogP contribution in [-0.2, 0) is 14.3 Å². The molecule has 152 valence electrons. The number of anilines is 1. The van der Waals surface area contributed by atoms with Crippen LogP contribution in [0.1, 0.15) is 18.9 Å². The lowest BCUT2D eigenvalue weighted by Gasteiger charge is -2.31. The zero-order valence-corrected chi connectivity index (χ0v) is 18.5. The fraction of sp³-hybridized carbons (Fsp3) is 0.476. The van der Waals surface area contributed by atoms with Crippen LogP contribution in [0.15, 0.2) is 42.0 Å². The summed E-state index contributed by atoms with van der Waals surface area (Å²) in [6.45, 7) is 3.70. The summed E-state index contributed by atoms with van der Waals surface area (Å²) in [5, 5.41) is 9.24. The number of hydrogen-bond donors (Lipinski definition) is 2. The molecule has 1 aromatic carbocycles. The van der Waals surface area contributed by atoms with E-state index in [2.05, 4.69) is 52.0 Å². The molecule has 6 nitrogen and oxygen atoms in total. The lowest BCUT2D eigenvalue weighted by Crippen LogP contribution is -2.38. The molecule has 0 aromatic heterocycles. The van der Waals surface area contributed by atoms with Crippen LogP contribution in [0.25, 0.3) is 5.57 Å². The fourth-order valence-corrected chi connectivity index (χ4v) is 5.12. The van der Waals surface area contributed by atoms with Crippen molar-refractivity contribution >= 4 is 39.8 Å². The maximum Gasteiger partial charge on any atom is 0.323 e. The molecule has 1 aliphatic carbocycles. The van der Waals surface area contributed by atoms with Crippen molar-refractivity contribution in [2.45, 2.75) is 29.4 Å². The third-order valence-corrected chi connectivity index (χ3v) is 6.29. The minimum atomic E-state index is -0.193. The highest BCUT2D eigenvalue weighted by Gasteiger charge is 2.37. The summed E-state index contributed by atoms with van der Waals surface area (Å²) in [5.41, 5.74) is 6.08. The lowest BCUT2D eigenvalue weighted by atomic mass is 9.84. The molecular weight excluding hydrogens is 471 g/mol. The summed E-state index contributed by atoms with van der Waals surface area (Å²) in [6.07, 6.45) is 5.13. The summed E-state index contributed by atoms with van der Waals surface area (Å²) in [7, 11) is 3.17. The van der Waals surface area contributed by atoms with E-state index in [9.17, 15) is 10.0 Å². The molecule has 1 fully saturated rings. The van der Waals surface area contributed by atoms with Crippen LogP contribution in [0.5, 0.6) is 0 Å².